The molecule has 0 bridgehead atoms. The number of rotatable bonds is 4. The second-order valence-corrected chi connectivity index (χ2v) is 7.12. The molecule has 0 saturated carbocycles. The Morgan fingerprint density at radius 3 is 2.71 bits per heavy atom. The molecule has 1 fully saturated rings. The van der Waals surface area contributed by atoms with Crippen LogP contribution in [0, 0.1) is 0 Å². The summed E-state index contributed by atoms with van der Waals surface area (Å²) in [5.41, 5.74) is 0.937. The van der Waals surface area contributed by atoms with Crippen LogP contribution in [0.4, 0.5) is 0 Å². The summed E-state index contributed by atoms with van der Waals surface area (Å²) in [4.78, 5) is 26.2. The van der Waals surface area contributed by atoms with Crippen LogP contribution in [0.1, 0.15) is 18.4 Å². The highest BCUT2D eigenvalue weighted by molar-refractivity contribution is 5.77. The molecule has 1 aromatic heterocycles. The molecule has 7 heteroatoms. The third-order valence-corrected chi connectivity index (χ3v) is 5.32. The minimum atomic E-state index is -0.322. The third kappa shape index (κ3) is 2.88. The van der Waals surface area contributed by atoms with Gasteiger partial charge in [-0.1, -0.05) is 18.2 Å². The molecule has 144 valence electrons. The van der Waals surface area contributed by atoms with Crippen molar-refractivity contribution in [2.24, 2.45) is 0 Å². The number of hydrogen-bond acceptors (Lipinski definition) is 5. The predicted octanol–water partition coefficient (Wildman–Crippen LogP) is 2.12. The van der Waals surface area contributed by atoms with Crippen molar-refractivity contribution in [2.45, 2.75) is 32.0 Å². The Morgan fingerprint density at radius 1 is 1.00 bits per heavy atom. The normalized spacial score (nSPS) is 18.1. The zero-order valence-corrected chi connectivity index (χ0v) is 15.3. The molecule has 0 spiro atoms. The Kier molecular flexibility index (Phi) is 4.16. The van der Waals surface area contributed by atoms with Gasteiger partial charge in [0, 0.05) is 6.61 Å². The third-order valence-electron chi connectivity index (χ3n) is 5.32. The smallest absolute Gasteiger partial charge is 0.331 e. The number of aromatic nitrogens is 2. The Hall–Kier alpha value is -3.06. The molecule has 1 unspecified atom stereocenters. The van der Waals surface area contributed by atoms with E-state index in [1.165, 1.54) is 4.57 Å². The summed E-state index contributed by atoms with van der Waals surface area (Å²) in [6.07, 6.45) is 1.73. The van der Waals surface area contributed by atoms with Crippen molar-refractivity contribution in [1.82, 2.24) is 9.13 Å². The molecular weight excluding hydrogens is 360 g/mol. The van der Waals surface area contributed by atoms with E-state index in [4.69, 9.17) is 14.2 Å². The average Bonchev–Trinajstić information content (AvgIpc) is 3.40. The number of nitrogens with zero attached hydrogens (tertiary/aromatic N) is 2. The second kappa shape index (κ2) is 6.83. The Bertz CT molecular complexity index is 1160. The van der Waals surface area contributed by atoms with Gasteiger partial charge in [0.05, 0.1) is 30.1 Å². The van der Waals surface area contributed by atoms with Crippen LogP contribution >= 0.6 is 0 Å². The SMILES string of the molecule is O=c1c2ccccc2n(Cc2ccc3c(c2)OCO3)c(=O)n1CC1CCCO1. The van der Waals surface area contributed by atoms with Gasteiger partial charge in [-0.3, -0.25) is 13.9 Å². The molecule has 0 N–H and O–H groups in total. The van der Waals surface area contributed by atoms with E-state index in [9.17, 15) is 9.59 Å². The monoisotopic (exact) mass is 380 g/mol. The van der Waals surface area contributed by atoms with Crippen LogP contribution in [-0.4, -0.2) is 28.6 Å². The summed E-state index contributed by atoms with van der Waals surface area (Å²) >= 11 is 0. The summed E-state index contributed by atoms with van der Waals surface area (Å²) in [6.45, 7) is 1.50. The van der Waals surface area contributed by atoms with E-state index < -0.39 is 0 Å². The molecule has 2 aliphatic rings. The maximum Gasteiger partial charge on any atom is 0.331 e. The highest BCUT2D eigenvalue weighted by Gasteiger charge is 2.21. The van der Waals surface area contributed by atoms with E-state index in [1.54, 1.807) is 10.6 Å². The highest BCUT2D eigenvalue weighted by atomic mass is 16.7. The van der Waals surface area contributed by atoms with Gasteiger partial charge < -0.3 is 14.2 Å². The maximum absolute atomic E-state index is 13.2. The molecular formula is C21H20N2O5. The largest absolute Gasteiger partial charge is 0.454 e. The number of ether oxygens (including phenoxy) is 3. The molecule has 3 heterocycles. The minimum Gasteiger partial charge on any atom is -0.454 e. The molecule has 2 aromatic carbocycles. The number of para-hydroxylation sites is 1. The van der Waals surface area contributed by atoms with Gasteiger partial charge in [0.1, 0.15) is 0 Å². The van der Waals surface area contributed by atoms with Gasteiger partial charge in [-0.2, -0.15) is 0 Å². The molecule has 5 rings (SSSR count). The van der Waals surface area contributed by atoms with Gasteiger partial charge in [0.15, 0.2) is 11.5 Å². The Balaban J connectivity index is 1.62. The van der Waals surface area contributed by atoms with E-state index in [0.717, 1.165) is 18.4 Å². The average molecular weight is 380 g/mol. The lowest BCUT2D eigenvalue weighted by Crippen LogP contribution is -2.42. The minimum absolute atomic E-state index is 0.0921. The molecule has 28 heavy (non-hydrogen) atoms. The predicted molar refractivity (Wildman–Crippen MR) is 103 cm³/mol. The fourth-order valence-electron chi connectivity index (χ4n) is 3.90. The summed E-state index contributed by atoms with van der Waals surface area (Å²) in [7, 11) is 0. The van der Waals surface area contributed by atoms with Crippen molar-refractivity contribution in [3.63, 3.8) is 0 Å². The van der Waals surface area contributed by atoms with Crippen LogP contribution in [0.15, 0.2) is 52.1 Å². The van der Waals surface area contributed by atoms with Crippen molar-refractivity contribution in [1.29, 1.82) is 0 Å². The lowest BCUT2D eigenvalue weighted by Gasteiger charge is -2.16. The number of hydrogen-bond donors (Lipinski definition) is 0. The molecule has 3 aromatic rings. The first-order chi connectivity index (χ1) is 13.7. The van der Waals surface area contributed by atoms with Gasteiger partial charge >= 0.3 is 5.69 Å². The lowest BCUT2D eigenvalue weighted by molar-refractivity contribution is 0.0948. The molecule has 0 amide bonds. The van der Waals surface area contributed by atoms with E-state index >= 15 is 0 Å². The lowest BCUT2D eigenvalue weighted by atomic mass is 10.1. The summed E-state index contributed by atoms with van der Waals surface area (Å²) < 4.78 is 19.4. The Morgan fingerprint density at radius 2 is 1.86 bits per heavy atom. The van der Waals surface area contributed by atoms with Crippen molar-refractivity contribution >= 4 is 10.9 Å². The van der Waals surface area contributed by atoms with E-state index in [-0.39, 0.29) is 30.7 Å². The van der Waals surface area contributed by atoms with E-state index in [2.05, 4.69) is 0 Å². The van der Waals surface area contributed by atoms with Gasteiger partial charge in [0.25, 0.3) is 5.56 Å². The van der Waals surface area contributed by atoms with Crippen LogP contribution in [-0.2, 0) is 17.8 Å². The van der Waals surface area contributed by atoms with Crippen molar-refractivity contribution in [3.8, 4) is 11.5 Å². The van der Waals surface area contributed by atoms with Gasteiger partial charge in [0.2, 0.25) is 6.79 Å². The Labute approximate surface area is 160 Å². The van der Waals surface area contributed by atoms with E-state index in [0.29, 0.717) is 35.6 Å². The molecule has 0 radical (unpaired) electrons. The molecule has 1 saturated heterocycles. The molecule has 7 nitrogen and oxygen atoms in total. The fraction of sp³-hybridized carbons (Fsp3) is 0.333. The first-order valence-corrected chi connectivity index (χ1v) is 9.43. The van der Waals surface area contributed by atoms with Crippen molar-refractivity contribution in [3.05, 3.63) is 68.9 Å². The molecule has 2 aliphatic heterocycles. The van der Waals surface area contributed by atoms with Crippen LogP contribution in [0.3, 0.4) is 0 Å². The standard InChI is InChI=1S/C21H20N2O5/c24-20-16-5-1-2-6-17(16)22(21(25)23(20)12-15-4-3-9-26-15)11-14-7-8-18-19(10-14)28-13-27-18/h1-2,5-8,10,15H,3-4,9,11-13H2. The number of benzene rings is 2. The molecule has 1 atom stereocenters. The maximum atomic E-state index is 13.2. The van der Waals surface area contributed by atoms with Crippen molar-refractivity contribution < 1.29 is 14.2 Å². The van der Waals surface area contributed by atoms with Gasteiger partial charge in [-0.25, -0.2) is 4.79 Å². The van der Waals surface area contributed by atoms with Crippen LogP contribution in [0.5, 0.6) is 11.5 Å². The zero-order chi connectivity index (χ0) is 19.1. The number of fused-ring (bicyclic) bond motifs is 2. The summed E-state index contributed by atoms with van der Waals surface area (Å²) in [5, 5.41) is 0.529. The quantitative estimate of drug-likeness (QED) is 0.693. The summed E-state index contributed by atoms with van der Waals surface area (Å²) in [6, 6.07) is 12.8. The second-order valence-electron chi connectivity index (χ2n) is 7.12. The zero-order valence-electron chi connectivity index (χ0n) is 15.3. The van der Waals surface area contributed by atoms with Crippen LogP contribution in [0.25, 0.3) is 10.9 Å². The first-order valence-electron chi connectivity index (χ1n) is 9.43. The molecule has 0 aliphatic carbocycles. The fourth-order valence-corrected chi connectivity index (χ4v) is 3.90. The first kappa shape index (κ1) is 17.1. The topological polar surface area (TPSA) is 71.7 Å². The summed E-state index contributed by atoms with van der Waals surface area (Å²) in [5.74, 6) is 1.37. The van der Waals surface area contributed by atoms with Crippen LogP contribution in [0.2, 0.25) is 0 Å². The van der Waals surface area contributed by atoms with Crippen LogP contribution < -0.4 is 20.7 Å². The highest BCUT2D eigenvalue weighted by Crippen LogP contribution is 2.32. The van der Waals surface area contributed by atoms with Gasteiger partial charge in [-0.05, 0) is 42.7 Å². The van der Waals surface area contributed by atoms with Crippen molar-refractivity contribution in [2.75, 3.05) is 13.4 Å². The van der Waals surface area contributed by atoms with E-state index in [1.807, 2.05) is 36.4 Å². The van der Waals surface area contributed by atoms with Gasteiger partial charge in [-0.15, -0.1) is 0 Å².